The van der Waals surface area contributed by atoms with Gasteiger partial charge in [0.1, 0.15) is 36.1 Å². The van der Waals surface area contributed by atoms with Crippen LogP contribution in [-0.2, 0) is 0 Å². The Morgan fingerprint density at radius 3 is 1.37 bits per heavy atom. The second kappa shape index (κ2) is 7.63. The Bertz CT molecular complexity index is 900. The summed E-state index contributed by atoms with van der Waals surface area (Å²) in [5.74, 6) is 0.212. The summed E-state index contributed by atoms with van der Waals surface area (Å²) < 4.78 is 0. The van der Waals surface area contributed by atoms with Gasteiger partial charge in [0.25, 0.3) is 0 Å². The normalized spacial score (nSPS) is 16.0. The maximum absolute atomic E-state index is 10.4. The zero-order valence-electron chi connectivity index (χ0n) is 14.0. The van der Waals surface area contributed by atoms with Gasteiger partial charge in [-0.1, -0.05) is 24.3 Å². The number of hydrogen-bond acceptors (Lipinski definition) is 6. The minimum atomic E-state index is -1.67. The summed E-state index contributed by atoms with van der Waals surface area (Å²) in [4.78, 5) is 14.2. The van der Waals surface area contributed by atoms with Crippen molar-refractivity contribution in [3.63, 3.8) is 0 Å². The molecule has 4 aromatic rings. The number of nitrogens with one attached hydrogen (secondary N) is 2. The Morgan fingerprint density at radius 2 is 1.00 bits per heavy atom. The van der Waals surface area contributed by atoms with Crippen molar-refractivity contribution in [3.8, 4) is 0 Å². The van der Waals surface area contributed by atoms with Gasteiger partial charge < -0.3 is 30.4 Å². The third kappa shape index (κ3) is 3.53. The molecule has 4 rings (SSSR count). The summed E-state index contributed by atoms with van der Waals surface area (Å²) in [5.41, 5.74) is 2.64. The quantitative estimate of drug-likeness (QED) is 0.304. The van der Waals surface area contributed by atoms with Gasteiger partial charge in [-0.25, -0.2) is 9.97 Å². The highest BCUT2D eigenvalue weighted by Crippen LogP contribution is 2.26. The SMILES string of the molecule is Cl.OC(c1nc2ccccc2[nH]1)C(O)C(O)C(O)c1nc2ccccc2[nH]1. The fraction of sp³-hybridized carbons (Fsp3) is 0.222. The first-order valence-corrected chi connectivity index (χ1v) is 8.16. The Labute approximate surface area is 159 Å². The van der Waals surface area contributed by atoms with E-state index in [1.807, 2.05) is 12.1 Å². The van der Waals surface area contributed by atoms with Crippen LogP contribution in [0.25, 0.3) is 22.1 Å². The van der Waals surface area contributed by atoms with E-state index in [-0.39, 0.29) is 24.1 Å². The molecule has 0 bridgehead atoms. The maximum atomic E-state index is 10.4. The van der Waals surface area contributed by atoms with E-state index in [0.717, 1.165) is 0 Å². The van der Waals surface area contributed by atoms with Gasteiger partial charge in [-0.2, -0.15) is 0 Å². The molecule has 0 aliphatic carbocycles. The molecule has 2 heterocycles. The Kier molecular flexibility index (Phi) is 5.45. The number of aromatic amines is 2. The molecule has 4 unspecified atom stereocenters. The van der Waals surface area contributed by atoms with Crippen molar-refractivity contribution in [3.05, 3.63) is 60.2 Å². The number of aliphatic hydroxyl groups is 4. The van der Waals surface area contributed by atoms with E-state index in [1.54, 1.807) is 36.4 Å². The molecule has 0 saturated carbocycles. The first-order valence-electron chi connectivity index (χ1n) is 8.16. The van der Waals surface area contributed by atoms with Crippen molar-refractivity contribution in [1.82, 2.24) is 19.9 Å². The molecule has 0 aliphatic heterocycles. The van der Waals surface area contributed by atoms with E-state index < -0.39 is 24.4 Å². The predicted octanol–water partition coefficient (Wildman–Crippen LogP) is 1.35. The zero-order chi connectivity index (χ0) is 18.3. The standard InChI is InChI=1S/C18H18N4O4.ClH/c23-13(15(25)17-19-9-5-1-2-6-10(9)20-17)14(24)16(26)18-21-11-7-3-4-8-12(11)22-18;/h1-8,13-16,23-26H,(H,19,20)(H,21,22);1H. The first kappa shape index (κ1) is 19.3. The summed E-state index contributed by atoms with van der Waals surface area (Å²) >= 11 is 0. The number of nitrogens with zero attached hydrogens (tertiary/aromatic N) is 2. The van der Waals surface area contributed by atoms with Gasteiger partial charge in [0.05, 0.1) is 22.1 Å². The maximum Gasteiger partial charge on any atom is 0.140 e. The molecule has 0 saturated heterocycles. The molecule has 2 aromatic heterocycles. The monoisotopic (exact) mass is 390 g/mol. The van der Waals surface area contributed by atoms with Crippen LogP contribution < -0.4 is 0 Å². The molecule has 142 valence electrons. The Balaban J connectivity index is 0.00000210. The third-order valence-electron chi connectivity index (χ3n) is 4.37. The number of imidazole rings is 2. The average molecular weight is 391 g/mol. The number of fused-ring (bicyclic) bond motifs is 2. The van der Waals surface area contributed by atoms with Crippen LogP contribution in [-0.4, -0.2) is 52.6 Å². The third-order valence-corrected chi connectivity index (χ3v) is 4.37. The number of aromatic nitrogens is 4. The first-order chi connectivity index (χ1) is 12.5. The highest BCUT2D eigenvalue weighted by Gasteiger charge is 2.35. The van der Waals surface area contributed by atoms with Crippen molar-refractivity contribution in [2.45, 2.75) is 24.4 Å². The van der Waals surface area contributed by atoms with E-state index in [2.05, 4.69) is 19.9 Å². The molecule has 0 radical (unpaired) electrons. The molecular weight excluding hydrogens is 372 g/mol. The van der Waals surface area contributed by atoms with E-state index in [0.29, 0.717) is 22.1 Å². The summed E-state index contributed by atoms with van der Waals surface area (Å²) in [6.45, 7) is 0. The minimum absolute atomic E-state index is 0. The molecule has 0 spiro atoms. The fourth-order valence-electron chi connectivity index (χ4n) is 2.92. The van der Waals surface area contributed by atoms with E-state index in [1.165, 1.54) is 0 Å². The van der Waals surface area contributed by atoms with Crippen molar-refractivity contribution in [2.24, 2.45) is 0 Å². The Morgan fingerprint density at radius 1 is 0.630 bits per heavy atom. The van der Waals surface area contributed by atoms with Crippen LogP contribution in [0.5, 0.6) is 0 Å². The lowest BCUT2D eigenvalue weighted by atomic mass is 10.0. The van der Waals surface area contributed by atoms with Gasteiger partial charge in [0, 0.05) is 0 Å². The van der Waals surface area contributed by atoms with Gasteiger partial charge in [-0.3, -0.25) is 0 Å². The van der Waals surface area contributed by atoms with E-state index >= 15 is 0 Å². The summed E-state index contributed by atoms with van der Waals surface area (Å²) in [7, 11) is 0. The molecule has 6 N–H and O–H groups in total. The second-order valence-electron chi connectivity index (χ2n) is 6.15. The molecule has 0 aliphatic rings. The largest absolute Gasteiger partial charge is 0.387 e. The van der Waals surface area contributed by atoms with Gasteiger partial charge in [0.15, 0.2) is 0 Å². The van der Waals surface area contributed by atoms with Crippen LogP contribution in [0.15, 0.2) is 48.5 Å². The minimum Gasteiger partial charge on any atom is -0.387 e. The predicted molar refractivity (Wildman–Crippen MR) is 101 cm³/mol. The topological polar surface area (TPSA) is 138 Å². The van der Waals surface area contributed by atoms with Gasteiger partial charge in [-0.05, 0) is 24.3 Å². The number of benzene rings is 2. The molecule has 4 atom stereocenters. The molecule has 2 aromatic carbocycles. The van der Waals surface area contributed by atoms with Gasteiger partial charge >= 0.3 is 0 Å². The highest BCUT2D eigenvalue weighted by molar-refractivity contribution is 5.85. The summed E-state index contributed by atoms with van der Waals surface area (Å²) in [6.07, 6.45) is -6.34. The lowest BCUT2D eigenvalue weighted by Gasteiger charge is -2.24. The number of hydrogen-bond donors (Lipinski definition) is 6. The molecule has 8 nitrogen and oxygen atoms in total. The molecule has 9 heteroatoms. The van der Waals surface area contributed by atoms with E-state index in [4.69, 9.17) is 0 Å². The molecule has 27 heavy (non-hydrogen) atoms. The average Bonchev–Trinajstić information content (AvgIpc) is 3.29. The van der Waals surface area contributed by atoms with Gasteiger partial charge in [-0.15, -0.1) is 12.4 Å². The smallest absolute Gasteiger partial charge is 0.140 e. The van der Waals surface area contributed by atoms with Crippen LogP contribution in [0.2, 0.25) is 0 Å². The van der Waals surface area contributed by atoms with Crippen molar-refractivity contribution >= 4 is 34.5 Å². The van der Waals surface area contributed by atoms with Crippen LogP contribution >= 0.6 is 12.4 Å². The van der Waals surface area contributed by atoms with E-state index in [9.17, 15) is 20.4 Å². The number of halogens is 1. The second-order valence-corrected chi connectivity index (χ2v) is 6.15. The van der Waals surface area contributed by atoms with Crippen LogP contribution in [0.4, 0.5) is 0 Å². The lowest BCUT2D eigenvalue weighted by molar-refractivity contribution is -0.111. The summed E-state index contributed by atoms with van der Waals surface area (Å²) in [5, 5.41) is 41.3. The number of aliphatic hydroxyl groups excluding tert-OH is 4. The van der Waals surface area contributed by atoms with Crippen molar-refractivity contribution in [1.29, 1.82) is 0 Å². The molecular formula is C18H19ClN4O4. The van der Waals surface area contributed by atoms with Crippen molar-refractivity contribution < 1.29 is 20.4 Å². The Hall–Kier alpha value is -2.49. The van der Waals surface area contributed by atoms with Crippen LogP contribution in [0.1, 0.15) is 23.9 Å². The number of rotatable bonds is 5. The highest BCUT2D eigenvalue weighted by atomic mass is 35.5. The molecule has 0 amide bonds. The number of H-pyrrole nitrogens is 2. The van der Waals surface area contributed by atoms with Crippen LogP contribution in [0.3, 0.4) is 0 Å². The number of para-hydroxylation sites is 4. The molecule has 0 fully saturated rings. The van der Waals surface area contributed by atoms with Crippen LogP contribution in [0, 0.1) is 0 Å². The van der Waals surface area contributed by atoms with Gasteiger partial charge in [0.2, 0.25) is 0 Å². The van der Waals surface area contributed by atoms with Crippen molar-refractivity contribution in [2.75, 3.05) is 0 Å². The lowest BCUT2D eigenvalue weighted by Crippen LogP contribution is -2.37. The summed E-state index contributed by atoms with van der Waals surface area (Å²) in [6, 6.07) is 14.3. The fourth-order valence-corrected chi connectivity index (χ4v) is 2.92. The zero-order valence-corrected chi connectivity index (χ0v) is 14.8.